The van der Waals surface area contributed by atoms with Crippen molar-refractivity contribution < 1.29 is 9.53 Å². The molecule has 0 unspecified atom stereocenters. The molecule has 0 saturated carbocycles. The van der Waals surface area contributed by atoms with Gasteiger partial charge in [0, 0.05) is 6.08 Å². The molecule has 2 heteroatoms. The number of esters is 1. The van der Waals surface area contributed by atoms with Crippen LogP contribution in [-0.4, -0.2) is 13.1 Å². The fourth-order valence-electron chi connectivity index (χ4n) is 1.68. The topological polar surface area (TPSA) is 26.3 Å². The van der Waals surface area contributed by atoms with E-state index in [1.165, 1.54) is 29.9 Å². The molecule has 112 valence electrons. The van der Waals surface area contributed by atoms with Crippen molar-refractivity contribution in [3.05, 3.63) is 47.1 Å². The summed E-state index contributed by atoms with van der Waals surface area (Å²) in [6, 6.07) is 0. The second kappa shape index (κ2) is 11.3. The Labute approximate surface area is 123 Å². The van der Waals surface area contributed by atoms with Crippen molar-refractivity contribution in [1.82, 2.24) is 0 Å². The van der Waals surface area contributed by atoms with Crippen molar-refractivity contribution in [2.45, 2.75) is 53.4 Å². The monoisotopic (exact) mass is 276 g/mol. The zero-order valence-electron chi connectivity index (χ0n) is 13.5. The molecule has 0 aliphatic rings. The fourth-order valence-corrected chi connectivity index (χ4v) is 1.68. The van der Waals surface area contributed by atoms with Gasteiger partial charge in [0.1, 0.15) is 0 Å². The van der Waals surface area contributed by atoms with E-state index < -0.39 is 0 Å². The SMILES string of the molecule is COC(=O)/C=C\C=C(/C)CC/C=C(\C)CCC=C(C)C. The van der Waals surface area contributed by atoms with Crippen LogP contribution in [0.5, 0.6) is 0 Å². The number of carbonyl (C=O) groups is 1. The van der Waals surface area contributed by atoms with Gasteiger partial charge in [-0.05, 0) is 53.4 Å². The Morgan fingerprint density at radius 1 is 0.950 bits per heavy atom. The zero-order valence-corrected chi connectivity index (χ0v) is 13.5. The minimum Gasteiger partial charge on any atom is -0.466 e. The van der Waals surface area contributed by atoms with Crippen LogP contribution in [0.25, 0.3) is 0 Å². The summed E-state index contributed by atoms with van der Waals surface area (Å²) in [6.07, 6.45) is 14.1. The largest absolute Gasteiger partial charge is 0.466 e. The van der Waals surface area contributed by atoms with Gasteiger partial charge in [0.2, 0.25) is 0 Å². The molecule has 0 fully saturated rings. The van der Waals surface area contributed by atoms with Crippen LogP contribution in [-0.2, 0) is 9.53 Å². The Morgan fingerprint density at radius 3 is 2.15 bits per heavy atom. The van der Waals surface area contributed by atoms with Gasteiger partial charge in [0.25, 0.3) is 0 Å². The van der Waals surface area contributed by atoms with E-state index in [0.717, 1.165) is 25.7 Å². The number of allylic oxidation sites excluding steroid dienone is 7. The van der Waals surface area contributed by atoms with Crippen LogP contribution in [0.15, 0.2) is 47.1 Å². The second-order valence-electron chi connectivity index (χ2n) is 5.30. The minimum absolute atomic E-state index is 0.316. The van der Waals surface area contributed by atoms with E-state index >= 15 is 0 Å². The van der Waals surface area contributed by atoms with Gasteiger partial charge in [-0.1, -0.05) is 41.0 Å². The molecule has 2 nitrogen and oxygen atoms in total. The predicted molar refractivity (Wildman–Crippen MR) is 86.6 cm³/mol. The first-order valence-electron chi connectivity index (χ1n) is 7.16. The average Bonchev–Trinajstić information content (AvgIpc) is 2.38. The fraction of sp³-hybridized carbons (Fsp3) is 0.500. The Morgan fingerprint density at radius 2 is 1.55 bits per heavy atom. The maximum atomic E-state index is 10.9. The van der Waals surface area contributed by atoms with E-state index in [2.05, 4.69) is 44.6 Å². The van der Waals surface area contributed by atoms with E-state index in [1.807, 2.05) is 6.08 Å². The molecule has 0 aromatic rings. The standard InChI is InChI=1S/C18H28O2/c1-15(2)9-6-10-16(3)11-7-12-17(4)13-8-14-18(19)20-5/h8-9,11,13-14H,6-7,10,12H2,1-5H3/b14-8-,16-11+,17-13+. The van der Waals surface area contributed by atoms with Crippen LogP contribution in [0.1, 0.15) is 53.4 Å². The maximum absolute atomic E-state index is 10.9. The maximum Gasteiger partial charge on any atom is 0.330 e. The van der Waals surface area contributed by atoms with Gasteiger partial charge in [-0.25, -0.2) is 4.79 Å². The highest BCUT2D eigenvalue weighted by atomic mass is 16.5. The first-order chi connectivity index (χ1) is 9.45. The average molecular weight is 276 g/mol. The molecule has 0 amide bonds. The highest BCUT2D eigenvalue weighted by molar-refractivity contribution is 5.82. The molecule has 0 N–H and O–H groups in total. The Bertz CT molecular complexity index is 405. The van der Waals surface area contributed by atoms with Crippen LogP contribution in [0.4, 0.5) is 0 Å². The summed E-state index contributed by atoms with van der Waals surface area (Å²) in [5.74, 6) is -0.316. The first-order valence-corrected chi connectivity index (χ1v) is 7.16. The Kier molecular flexibility index (Phi) is 10.4. The lowest BCUT2D eigenvalue weighted by Gasteiger charge is -2.00. The summed E-state index contributed by atoms with van der Waals surface area (Å²) < 4.78 is 4.53. The van der Waals surface area contributed by atoms with Crippen molar-refractivity contribution >= 4 is 5.97 Å². The van der Waals surface area contributed by atoms with E-state index in [4.69, 9.17) is 0 Å². The molecule has 0 bridgehead atoms. The van der Waals surface area contributed by atoms with E-state index in [-0.39, 0.29) is 5.97 Å². The first kappa shape index (κ1) is 18.4. The van der Waals surface area contributed by atoms with Crippen LogP contribution in [0.2, 0.25) is 0 Å². The second-order valence-corrected chi connectivity index (χ2v) is 5.30. The van der Waals surface area contributed by atoms with Crippen molar-refractivity contribution in [3.8, 4) is 0 Å². The molecular weight excluding hydrogens is 248 g/mol. The van der Waals surface area contributed by atoms with Gasteiger partial charge in [-0.15, -0.1) is 0 Å². The molecule has 0 aliphatic carbocycles. The van der Waals surface area contributed by atoms with Gasteiger partial charge in [0.05, 0.1) is 7.11 Å². The lowest BCUT2D eigenvalue weighted by atomic mass is 10.1. The molecule has 0 aromatic heterocycles. The number of ether oxygens (including phenoxy) is 1. The number of carbonyl (C=O) groups excluding carboxylic acids is 1. The van der Waals surface area contributed by atoms with Gasteiger partial charge in [-0.3, -0.25) is 0 Å². The molecule has 20 heavy (non-hydrogen) atoms. The Hall–Kier alpha value is -1.57. The summed E-state index contributed by atoms with van der Waals surface area (Å²) in [5.41, 5.74) is 4.09. The normalized spacial score (nSPS) is 12.7. The van der Waals surface area contributed by atoms with Crippen LogP contribution in [0.3, 0.4) is 0 Å². The molecule has 0 aromatic carbocycles. The molecule has 0 spiro atoms. The van der Waals surface area contributed by atoms with E-state index in [0.29, 0.717) is 0 Å². The highest BCUT2D eigenvalue weighted by Crippen LogP contribution is 2.11. The molecule has 0 heterocycles. The summed E-state index contributed by atoms with van der Waals surface area (Å²) in [7, 11) is 1.38. The van der Waals surface area contributed by atoms with E-state index in [9.17, 15) is 4.79 Å². The summed E-state index contributed by atoms with van der Waals surface area (Å²) in [6.45, 7) is 8.53. The van der Waals surface area contributed by atoms with Gasteiger partial charge >= 0.3 is 5.97 Å². The third-order valence-electron chi connectivity index (χ3n) is 2.94. The third kappa shape index (κ3) is 11.5. The van der Waals surface area contributed by atoms with E-state index in [1.54, 1.807) is 6.08 Å². The number of hydrogen-bond donors (Lipinski definition) is 0. The summed E-state index contributed by atoms with van der Waals surface area (Å²) in [5, 5.41) is 0. The third-order valence-corrected chi connectivity index (χ3v) is 2.94. The quantitative estimate of drug-likeness (QED) is 0.266. The molecule has 0 atom stereocenters. The minimum atomic E-state index is -0.316. The van der Waals surface area contributed by atoms with Crippen LogP contribution >= 0.6 is 0 Å². The Balaban J connectivity index is 4.02. The number of rotatable bonds is 8. The summed E-state index contributed by atoms with van der Waals surface area (Å²) in [4.78, 5) is 10.9. The lowest BCUT2D eigenvalue weighted by molar-refractivity contribution is -0.134. The molecule has 0 saturated heterocycles. The van der Waals surface area contributed by atoms with Gasteiger partial charge in [0.15, 0.2) is 0 Å². The zero-order chi connectivity index (χ0) is 15.4. The van der Waals surface area contributed by atoms with Crippen molar-refractivity contribution in [1.29, 1.82) is 0 Å². The molecule has 0 aliphatic heterocycles. The molecule has 0 radical (unpaired) electrons. The smallest absolute Gasteiger partial charge is 0.330 e. The van der Waals surface area contributed by atoms with Gasteiger partial charge in [-0.2, -0.15) is 0 Å². The predicted octanol–water partition coefficient (Wildman–Crippen LogP) is 5.13. The molecular formula is C18H28O2. The van der Waals surface area contributed by atoms with Crippen LogP contribution < -0.4 is 0 Å². The van der Waals surface area contributed by atoms with Gasteiger partial charge < -0.3 is 4.74 Å². The highest BCUT2D eigenvalue weighted by Gasteiger charge is 1.92. The van der Waals surface area contributed by atoms with Crippen molar-refractivity contribution in [2.24, 2.45) is 0 Å². The molecule has 0 rings (SSSR count). The van der Waals surface area contributed by atoms with Crippen molar-refractivity contribution in [2.75, 3.05) is 7.11 Å². The number of methoxy groups -OCH3 is 1. The van der Waals surface area contributed by atoms with Crippen molar-refractivity contribution in [3.63, 3.8) is 0 Å². The number of hydrogen-bond acceptors (Lipinski definition) is 2. The van der Waals surface area contributed by atoms with Crippen LogP contribution in [0, 0.1) is 0 Å². The summed E-state index contributed by atoms with van der Waals surface area (Å²) >= 11 is 0. The lowest BCUT2D eigenvalue weighted by Crippen LogP contribution is -1.92.